The van der Waals surface area contributed by atoms with Crippen molar-refractivity contribution in [2.24, 2.45) is 0 Å². The molecule has 1 heterocycles. The van der Waals surface area contributed by atoms with Crippen molar-refractivity contribution >= 4 is 17.4 Å². The quantitative estimate of drug-likeness (QED) is 0.499. The lowest BCUT2D eigenvalue weighted by molar-refractivity contribution is -0.139. The molecule has 0 aliphatic carbocycles. The van der Waals surface area contributed by atoms with Crippen LogP contribution in [-0.2, 0) is 9.59 Å². The number of benzene rings is 2. The molecule has 1 aliphatic heterocycles. The van der Waals surface area contributed by atoms with E-state index >= 15 is 0 Å². The molecule has 1 aliphatic rings. The number of likely N-dealkylation sites (tertiary alicyclic amines) is 1. The summed E-state index contributed by atoms with van der Waals surface area (Å²) in [5, 5.41) is 10.9. The molecule has 1 amide bonds. The van der Waals surface area contributed by atoms with E-state index < -0.39 is 17.7 Å². The van der Waals surface area contributed by atoms with Crippen LogP contribution in [0.25, 0.3) is 5.76 Å². The molecular weight excluding hydrogens is 326 g/mol. The first-order valence-electron chi connectivity index (χ1n) is 8.95. The number of amides is 1. The Morgan fingerprint density at radius 3 is 2.31 bits per heavy atom. The smallest absolute Gasteiger partial charge is 0.295 e. The van der Waals surface area contributed by atoms with E-state index in [9.17, 15) is 14.7 Å². The van der Waals surface area contributed by atoms with Crippen LogP contribution in [0, 0.1) is 6.92 Å². The Balaban J connectivity index is 2.14. The predicted octanol–water partition coefficient (Wildman–Crippen LogP) is 4.22. The second-order valence-corrected chi connectivity index (χ2v) is 6.62. The molecule has 0 aromatic heterocycles. The van der Waals surface area contributed by atoms with Gasteiger partial charge < -0.3 is 10.0 Å². The average molecular weight is 349 g/mol. The Morgan fingerprint density at radius 2 is 1.69 bits per heavy atom. The second-order valence-electron chi connectivity index (χ2n) is 6.62. The number of carbonyl (C=O) groups excluding carboxylic acids is 2. The van der Waals surface area contributed by atoms with Crippen molar-refractivity contribution in [3.63, 3.8) is 0 Å². The molecule has 134 valence electrons. The fourth-order valence-electron chi connectivity index (χ4n) is 3.29. The largest absolute Gasteiger partial charge is 0.507 e. The molecule has 1 unspecified atom stereocenters. The van der Waals surface area contributed by atoms with Crippen molar-refractivity contribution in [2.45, 2.75) is 32.7 Å². The van der Waals surface area contributed by atoms with Gasteiger partial charge in [-0.2, -0.15) is 0 Å². The number of aliphatic hydroxyl groups is 1. The molecule has 4 nitrogen and oxygen atoms in total. The van der Waals surface area contributed by atoms with Gasteiger partial charge in [0, 0.05) is 12.1 Å². The highest BCUT2D eigenvalue weighted by Gasteiger charge is 2.45. The molecule has 0 bridgehead atoms. The van der Waals surface area contributed by atoms with Crippen LogP contribution in [0.15, 0.2) is 60.2 Å². The second kappa shape index (κ2) is 7.56. The minimum Gasteiger partial charge on any atom is -0.507 e. The van der Waals surface area contributed by atoms with Gasteiger partial charge >= 0.3 is 0 Å². The van der Waals surface area contributed by atoms with Crippen molar-refractivity contribution in [2.75, 3.05) is 6.54 Å². The van der Waals surface area contributed by atoms with Crippen LogP contribution in [0.2, 0.25) is 0 Å². The highest BCUT2D eigenvalue weighted by molar-refractivity contribution is 6.46. The Hall–Kier alpha value is -2.88. The van der Waals surface area contributed by atoms with Gasteiger partial charge in [0.05, 0.1) is 11.6 Å². The minimum atomic E-state index is -0.618. The fourth-order valence-corrected chi connectivity index (χ4v) is 3.29. The van der Waals surface area contributed by atoms with Gasteiger partial charge in [-0.3, -0.25) is 9.59 Å². The number of ketones is 1. The number of aliphatic hydroxyl groups excluding tert-OH is 1. The molecule has 0 radical (unpaired) electrons. The van der Waals surface area contributed by atoms with E-state index in [2.05, 4.69) is 0 Å². The number of carbonyl (C=O) groups is 2. The van der Waals surface area contributed by atoms with Gasteiger partial charge in [0.15, 0.2) is 0 Å². The molecule has 0 spiro atoms. The molecule has 26 heavy (non-hydrogen) atoms. The molecule has 4 heteroatoms. The number of hydrogen-bond donors (Lipinski definition) is 1. The molecule has 1 N–H and O–H groups in total. The summed E-state index contributed by atoms with van der Waals surface area (Å²) in [6, 6.07) is 16.2. The van der Waals surface area contributed by atoms with Gasteiger partial charge in [-0.05, 0) is 18.9 Å². The lowest BCUT2D eigenvalue weighted by Gasteiger charge is -2.25. The van der Waals surface area contributed by atoms with Gasteiger partial charge in [-0.25, -0.2) is 0 Å². The van der Waals surface area contributed by atoms with Gasteiger partial charge in [0.1, 0.15) is 5.76 Å². The predicted molar refractivity (Wildman–Crippen MR) is 102 cm³/mol. The van der Waals surface area contributed by atoms with Gasteiger partial charge in [-0.1, -0.05) is 73.5 Å². The number of hydrogen-bond acceptors (Lipinski definition) is 3. The zero-order valence-corrected chi connectivity index (χ0v) is 15.1. The van der Waals surface area contributed by atoms with Crippen LogP contribution in [0.5, 0.6) is 0 Å². The molecule has 2 aromatic rings. The highest BCUT2D eigenvalue weighted by Crippen LogP contribution is 2.39. The molecular formula is C22H23NO3. The van der Waals surface area contributed by atoms with Crippen LogP contribution in [0.1, 0.15) is 42.5 Å². The summed E-state index contributed by atoms with van der Waals surface area (Å²) in [6.45, 7) is 4.49. The topological polar surface area (TPSA) is 57.6 Å². The molecule has 1 atom stereocenters. The summed E-state index contributed by atoms with van der Waals surface area (Å²) >= 11 is 0. The normalized spacial score (nSPS) is 19.2. The number of rotatable bonds is 5. The number of Topliss-reactive ketones (excluding diaryl/α,β-unsaturated/α-hetero) is 1. The maximum Gasteiger partial charge on any atom is 0.295 e. The first kappa shape index (κ1) is 17.9. The first-order chi connectivity index (χ1) is 12.5. The molecule has 0 saturated carbocycles. The maximum atomic E-state index is 12.7. The van der Waals surface area contributed by atoms with Crippen LogP contribution in [-0.4, -0.2) is 28.2 Å². The lowest BCUT2D eigenvalue weighted by atomic mass is 9.95. The average Bonchev–Trinajstić information content (AvgIpc) is 2.91. The van der Waals surface area contributed by atoms with Crippen LogP contribution >= 0.6 is 0 Å². The van der Waals surface area contributed by atoms with Gasteiger partial charge in [0.25, 0.3) is 11.7 Å². The number of nitrogens with zero attached hydrogens (tertiary/aromatic N) is 1. The molecule has 3 rings (SSSR count). The van der Waals surface area contributed by atoms with Gasteiger partial charge in [-0.15, -0.1) is 0 Å². The third kappa shape index (κ3) is 3.27. The van der Waals surface area contributed by atoms with Gasteiger partial charge in [0.2, 0.25) is 0 Å². The Morgan fingerprint density at radius 1 is 1.04 bits per heavy atom. The fraction of sp³-hybridized carbons (Fsp3) is 0.273. The van der Waals surface area contributed by atoms with E-state index in [1.807, 2.05) is 56.3 Å². The van der Waals surface area contributed by atoms with Crippen molar-refractivity contribution in [3.05, 3.63) is 76.9 Å². The summed E-state index contributed by atoms with van der Waals surface area (Å²) < 4.78 is 0. The molecule has 1 fully saturated rings. The summed E-state index contributed by atoms with van der Waals surface area (Å²) in [4.78, 5) is 26.9. The van der Waals surface area contributed by atoms with Crippen LogP contribution in [0.3, 0.4) is 0 Å². The first-order valence-corrected chi connectivity index (χ1v) is 8.95. The number of aryl methyl sites for hydroxylation is 1. The van der Waals surface area contributed by atoms with Crippen LogP contribution in [0.4, 0.5) is 0 Å². The van der Waals surface area contributed by atoms with E-state index in [1.165, 1.54) is 0 Å². The van der Waals surface area contributed by atoms with E-state index in [0.717, 1.165) is 24.0 Å². The van der Waals surface area contributed by atoms with E-state index in [4.69, 9.17) is 0 Å². The monoisotopic (exact) mass is 349 g/mol. The van der Waals surface area contributed by atoms with Crippen molar-refractivity contribution in [1.29, 1.82) is 0 Å². The standard InChI is InChI=1S/C22H23NO3/c1-3-4-14-23-19(16-8-6-5-7-9-16)18(21(25)22(23)26)20(24)17-12-10-15(2)11-13-17/h5-13,19,24H,3-4,14H2,1-2H3. The van der Waals surface area contributed by atoms with E-state index in [1.54, 1.807) is 17.0 Å². The summed E-state index contributed by atoms with van der Waals surface area (Å²) in [5.41, 5.74) is 2.60. The molecule has 2 aromatic carbocycles. The summed E-state index contributed by atoms with van der Waals surface area (Å²) in [6.07, 6.45) is 1.73. The van der Waals surface area contributed by atoms with E-state index in [0.29, 0.717) is 12.1 Å². The number of unbranched alkanes of at least 4 members (excludes halogenated alkanes) is 1. The Labute approximate surface area is 153 Å². The summed E-state index contributed by atoms with van der Waals surface area (Å²) in [7, 11) is 0. The Bertz CT molecular complexity index is 837. The third-order valence-electron chi connectivity index (χ3n) is 4.73. The minimum absolute atomic E-state index is 0.115. The van der Waals surface area contributed by atoms with E-state index in [-0.39, 0.29) is 11.3 Å². The summed E-state index contributed by atoms with van der Waals surface area (Å²) in [5.74, 6) is -1.27. The highest BCUT2D eigenvalue weighted by atomic mass is 16.3. The maximum absolute atomic E-state index is 12.7. The Kier molecular flexibility index (Phi) is 5.21. The zero-order chi connectivity index (χ0) is 18.7. The SMILES string of the molecule is CCCCN1C(=O)C(=O)C(=C(O)c2ccc(C)cc2)C1c1ccccc1. The van der Waals surface area contributed by atoms with Crippen LogP contribution < -0.4 is 0 Å². The lowest BCUT2D eigenvalue weighted by Crippen LogP contribution is -2.30. The van der Waals surface area contributed by atoms with Crippen molar-refractivity contribution in [3.8, 4) is 0 Å². The van der Waals surface area contributed by atoms with Crippen molar-refractivity contribution in [1.82, 2.24) is 4.90 Å². The third-order valence-corrected chi connectivity index (χ3v) is 4.73. The zero-order valence-electron chi connectivity index (χ0n) is 15.1. The van der Waals surface area contributed by atoms with Crippen molar-refractivity contribution < 1.29 is 14.7 Å². The molecule has 1 saturated heterocycles.